The van der Waals surface area contributed by atoms with E-state index in [9.17, 15) is 4.39 Å². The summed E-state index contributed by atoms with van der Waals surface area (Å²) in [5.41, 5.74) is 2.12. The molecule has 7 heteroatoms. The molecule has 0 radical (unpaired) electrons. The molecule has 0 aliphatic rings. The predicted molar refractivity (Wildman–Crippen MR) is 105 cm³/mol. The molecule has 1 aromatic carbocycles. The Balaban J connectivity index is 0.00000264. The van der Waals surface area contributed by atoms with Crippen LogP contribution in [0.3, 0.4) is 0 Å². The molecular weight excluding hydrogens is 426 g/mol. The third kappa shape index (κ3) is 6.82. The van der Waals surface area contributed by atoms with Gasteiger partial charge in [0.05, 0.1) is 10.7 Å². The number of halogens is 2. The standard InChI is InChI=1S/C16H21FN4S.HI/c1-3-15-21-14(11-22-15)8-9-19-16(18-2)20-10-12-4-6-13(17)7-5-12;/h4-7,11H,3,8-10H2,1-2H3,(H2,18,19,20);1H. The number of rotatable bonds is 6. The van der Waals surface area contributed by atoms with Crippen molar-refractivity contribution in [2.75, 3.05) is 13.6 Å². The Bertz CT molecular complexity index is 613. The third-order valence-corrected chi connectivity index (χ3v) is 4.21. The Hall–Kier alpha value is -1.22. The number of hydrogen-bond acceptors (Lipinski definition) is 3. The van der Waals surface area contributed by atoms with Crippen LogP contribution in [0.25, 0.3) is 0 Å². The molecule has 0 aliphatic carbocycles. The van der Waals surface area contributed by atoms with Crippen LogP contribution in [0.2, 0.25) is 0 Å². The van der Waals surface area contributed by atoms with Crippen molar-refractivity contribution in [3.8, 4) is 0 Å². The second-order valence-electron chi connectivity index (χ2n) is 4.82. The number of aliphatic imine (C=N–C) groups is 1. The molecule has 0 saturated heterocycles. The van der Waals surface area contributed by atoms with Gasteiger partial charge in [-0.25, -0.2) is 9.37 Å². The summed E-state index contributed by atoms with van der Waals surface area (Å²) in [6, 6.07) is 6.44. The minimum absolute atomic E-state index is 0. The van der Waals surface area contributed by atoms with Crippen LogP contribution >= 0.6 is 35.3 Å². The fourth-order valence-electron chi connectivity index (χ4n) is 1.94. The summed E-state index contributed by atoms with van der Waals surface area (Å²) in [6.45, 7) is 3.49. The van der Waals surface area contributed by atoms with Gasteiger partial charge in [0, 0.05) is 31.9 Å². The van der Waals surface area contributed by atoms with Gasteiger partial charge in [0.1, 0.15) is 5.82 Å². The maximum atomic E-state index is 12.8. The number of aromatic nitrogens is 1. The van der Waals surface area contributed by atoms with Crippen molar-refractivity contribution in [2.45, 2.75) is 26.3 Å². The molecule has 126 valence electrons. The first-order valence-electron chi connectivity index (χ1n) is 7.33. The summed E-state index contributed by atoms with van der Waals surface area (Å²) in [5, 5.41) is 9.74. The largest absolute Gasteiger partial charge is 0.356 e. The zero-order valence-corrected chi connectivity index (χ0v) is 16.5. The number of aryl methyl sites for hydroxylation is 1. The van der Waals surface area contributed by atoms with Crippen LogP contribution in [0.15, 0.2) is 34.6 Å². The SMILES string of the molecule is CCc1nc(CCNC(=NC)NCc2ccc(F)cc2)cs1.I. The van der Waals surface area contributed by atoms with Gasteiger partial charge in [0.2, 0.25) is 0 Å². The van der Waals surface area contributed by atoms with E-state index in [0.717, 1.165) is 36.6 Å². The van der Waals surface area contributed by atoms with Crippen LogP contribution in [0.4, 0.5) is 4.39 Å². The number of guanidine groups is 1. The smallest absolute Gasteiger partial charge is 0.191 e. The van der Waals surface area contributed by atoms with E-state index in [1.807, 2.05) is 0 Å². The van der Waals surface area contributed by atoms with E-state index in [2.05, 4.69) is 32.9 Å². The molecule has 0 saturated carbocycles. The van der Waals surface area contributed by atoms with Gasteiger partial charge < -0.3 is 10.6 Å². The normalized spacial score (nSPS) is 11.0. The molecular formula is C16H22FIN4S. The van der Waals surface area contributed by atoms with Crippen LogP contribution < -0.4 is 10.6 Å². The molecule has 1 aromatic heterocycles. The van der Waals surface area contributed by atoms with Crippen LogP contribution in [0, 0.1) is 5.82 Å². The van der Waals surface area contributed by atoms with Gasteiger partial charge in [-0.15, -0.1) is 35.3 Å². The van der Waals surface area contributed by atoms with Crippen molar-refractivity contribution < 1.29 is 4.39 Å². The Labute approximate surface area is 157 Å². The molecule has 2 rings (SSSR count). The zero-order chi connectivity index (χ0) is 15.8. The summed E-state index contributed by atoms with van der Waals surface area (Å²) in [6.07, 6.45) is 1.85. The fourth-order valence-corrected chi connectivity index (χ4v) is 2.72. The first-order chi connectivity index (χ1) is 10.7. The highest BCUT2D eigenvalue weighted by atomic mass is 127. The van der Waals surface area contributed by atoms with Crippen molar-refractivity contribution in [3.63, 3.8) is 0 Å². The molecule has 1 heterocycles. The molecule has 4 nitrogen and oxygen atoms in total. The summed E-state index contributed by atoms with van der Waals surface area (Å²) in [5.74, 6) is 0.510. The Morgan fingerprint density at radius 2 is 2.00 bits per heavy atom. The van der Waals surface area contributed by atoms with E-state index in [1.165, 1.54) is 17.1 Å². The maximum absolute atomic E-state index is 12.8. The Morgan fingerprint density at radius 1 is 1.26 bits per heavy atom. The Morgan fingerprint density at radius 3 is 2.61 bits per heavy atom. The van der Waals surface area contributed by atoms with Crippen LogP contribution in [0.5, 0.6) is 0 Å². The minimum Gasteiger partial charge on any atom is -0.356 e. The quantitative estimate of drug-likeness (QED) is 0.405. The highest BCUT2D eigenvalue weighted by Gasteiger charge is 2.02. The van der Waals surface area contributed by atoms with Gasteiger partial charge in [-0.2, -0.15) is 0 Å². The van der Waals surface area contributed by atoms with E-state index in [-0.39, 0.29) is 29.8 Å². The van der Waals surface area contributed by atoms with Gasteiger partial charge in [-0.1, -0.05) is 19.1 Å². The van der Waals surface area contributed by atoms with Gasteiger partial charge in [-0.05, 0) is 24.1 Å². The average molecular weight is 448 g/mol. The molecule has 0 fully saturated rings. The molecule has 0 spiro atoms. The van der Waals surface area contributed by atoms with E-state index >= 15 is 0 Å². The first kappa shape index (κ1) is 19.8. The first-order valence-corrected chi connectivity index (χ1v) is 8.21. The predicted octanol–water partition coefficient (Wildman–Crippen LogP) is 3.37. The third-order valence-electron chi connectivity index (χ3n) is 3.17. The lowest BCUT2D eigenvalue weighted by Crippen LogP contribution is -2.37. The van der Waals surface area contributed by atoms with Crippen molar-refractivity contribution in [1.29, 1.82) is 0 Å². The highest BCUT2D eigenvalue weighted by Crippen LogP contribution is 2.10. The number of nitrogens with one attached hydrogen (secondary N) is 2. The monoisotopic (exact) mass is 448 g/mol. The molecule has 2 aromatic rings. The van der Waals surface area contributed by atoms with Gasteiger partial charge in [0.15, 0.2) is 5.96 Å². The lowest BCUT2D eigenvalue weighted by atomic mass is 10.2. The number of benzene rings is 1. The molecule has 2 N–H and O–H groups in total. The van der Waals surface area contributed by atoms with Crippen molar-refractivity contribution in [1.82, 2.24) is 15.6 Å². The topological polar surface area (TPSA) is 49.3 Å². The lowest BCUT2D eigenvalue weighted by Gasteiger charge is -2.11. The van der Waals surface area contributed by atoms with Gasteiger partial charge in [0.25, 0.3) is 0 Å². The van der Waals surface area contributed by atoms with Gasteiger partial charge in [-0.3, -0.25) is 4.99 Å². The second kappa shape index (κ2) is 10.5. The van der Waals surface area contributed by atoms with Crippen LogP contribution in [-0.4, -0.2) is 24.5 Å². The number of nitrogens with zero attached hydrogens (tertiary/aromatic N) is 2. The van der Waals surface area contributed by atoms with E-state index in [0.29, 0.717) is 6.54 Å². The zero-order valence-electron chi connectivity index (χ0n) is 13.3. The lowest BCUT2D eigenvalue weighted by molar-refractivity contribution is 0.626. The van der Waals surface area contributed by atoms with Crippen molar-refractivity contribution in [2.24, 2.45) is 4.99 Å². The number of thiazole rings is 1. The molecule has 0 amide bonds. The molecule has 23 heavy (non-hydrogen) atoms. The summed E-state index contributed by atoms with van der Waals surface area (Å²) in [4.78, 5) is 8.71. The number of hydrogen-bond donors (Lipinski definition) is 2. The maximum Gasteiger partial charge on any atom is 0.191 e. The van der Waals surface area contributed by atoms with E-state index < -0.39 is 0 Å². The van der Waals surface area contributed by atoms with Crippen molar-refractivity contribution in [3.05, 3.63) is 51.7 Å². The fraction of sp³-hybridized carbons (Fsp3) is 0.375. The average Bonchev–Trinajstić information content (AvgIpc) is 3.00. The highest BCUT2D eigenvalue weighted by molar-refractivity contribution is 14.0. The minimum atomic E-state index is -0.221. The molecule has 0 bridgehead atoms. The Kier molecular flexibility index (Phi) is 9.08. The van der Waals surface area contributed by atoms with Crippen LogP contribution in [-0.2, 0) is 19.4 Å². The van der Waals surface area contributed by atoms with Crippen molar-refractivity contribution >= 4 is 41.3 Å². The second-order valence-corrected chi connectivity index (χ2v) is 5.76. The van der Waals surface area contributed by atoms with Crippen LogP contribution in [0.1, 0.15) is 23.2 Å². The molecule has 0 unspecified atom stereocenters. The van der Waals surface area contributed by atoms with E-state index in [1.54, 1.807) is 30.5 Å². The molecule has 0 aliphatic heterocycles. The summed E-state index contributed by atoms with van der Waals surface area (Å²) in [7, 11) is 1.73. The summed E-state index contributed by atoms with van der Waals surface area (Å²) >= 11 is 1.71. The van der Waals surface area contributed by atoms with E-state index in [4.69, 9.17) is 0 Å². The summed E-state index contributed by atoms with van der Waals surface area (Å²) < 4.78 is 12.8. The van der Waals surface area contributed by atoms with Gasteiger partial charge >= 0.3 is 0 Å². The molecule has 0 atom stereocenters.